The highest BCUT2D eigenvalue weighted by Gasteiger charge is 2.37. The van der Waals surface area contributed by atoms with Gasteiger partial charge in [-0.2, -0.15) is 0 Å². The quantitative estimate of drug-likeness (QED) is 0.362. The van der Waals surface area contributed by atoms with E-state index in [2.05, 4.69) is 23.1 Å². The standard InChI is InChI=1S/C32H36ClFN2O2/c33-28-14-12-26(13-15-28)31(37)36-19-17-32(18-20-36)16-6-5-8-25-7-2-4-11-30(25)38-22-21-35(24-32)23-27-9-1-3-10-29(27)34/h1-4,7,9-15H,5-6,8,16-24H2. The Balaban J connectivity index is 1.34. The fraction of sp³-hybridized carbons (Fsp3) is 0.406. The molecule has 5 rings (SSSR count). The molecule has 1 spiro atoms. The SMILES string of the molecule is O=C(c1ccc(Cl)cc1)N1CCC2(CCCCc3ccccc3OCCN(Cc3ccccc3F)C2)CC1. The zero-order valence-electron chi connectivity index (χ0n) is 21.9. The first kappa shape index (κ1) is 26.7. The zero-order chi connectivity index (χ0) is 26.4. The number of nitrogens with zero attached hydrogens (tertiary/aromatic N) is 2. The predicted octanol–water partition coefficient (Wildman–Crippen LogP) is 7.01. The zero-order valence-corrected chi connectivity index (χ0v) is 22.6. The normalized spacial score (nSPS) is 18.6. The minimum atomic E-state index is -0.165. The third-order valence-electron chi connectivity index (χ3n) is 8.15. The highest BCUT2D eigenvalue weighted by molar-refractivity contribution is 6.30. The lowest BCUT2D eigenvalue weighted by atomic mass is 9.73. The second kappa shape index (κ2) is 12.3. The van der Waals surface area contributed by atoms with Crippen LogP contribution in [0.5, 0.6) is 5.75 Å². The predicted molar refractivity (Wildman–Crippen MR) is 150 cm³/mol. The van der Waals surface area contributed by atoms with Crippen molar-refractivity contribution in [3.05, 3.63) is 100 Å². The van der Waals surface area contributed by atoms with Gasteiger partial charge in [-0.25, -0.2) is 4.39 Å². The summed E-state index contributed by atoms with van der Waals surface area (Å²) in [6, 6.07) is 22.5. The third-order valence-corrected chi connectivity index (χ3v) is 8.41. The molecule has 0 radical (unpaired) electrons. The second-order valence-corrected chi connectivity index (χ2v) is 11.2. The van der Waals surface area contributed by atoms with Crippen LogP contribution >= 0.6 is 11.6 Å². The minimum Gasteiger partial charge on any atom is -0.492 e. The van der Waals surface area contributed by atoms with Crippen LogP contribution in [-0.4, -0.2) is 48.5 Å². The molecule has 1 fully saturated rings. The van der Waals surface area contributed by atoms with E-state index >= 15 is 0 Å². The first-order valence-electron chi connectivity index (χ1n) is 13.7. The van der Waals surface area contributed by atoms with Crippen LogP contribution in [-0.2, 0) is 13.0 Å². The molecule has 0 bridgehead atoms. The first-order valence-corrected chi connectivity index (χ1v) is 14.1. The van der Waals surface area contributed by atoms with E-state index in [1.165, 1.54) is 11.6 Å². The van der Waals surface area contributed by atoms with Crippen molar-refractivity contribution in [2.24, 2.45) is 5.41 Å². The van der Waals surface area contributed by atoms with Crippen molar-refractivity contribution in [3.8, 4) is 5.75 Å². The van der Waals surface area contributed by atoms with Crippen LogP contribution in [0.4, 0.5) is 4.39 Å². The van der Waals surface area contributed by atoms with Gasteiger partial charge in [0.05, 0.1) is 0 Å². The van der Waals surface area contributed by atoms with Gasteiger partial charge in [-0.1, -0.05) is 54.4 Å². The summed E-state index contributed by atoms with van der Waals surface area (Å²) in [6.07, 6.45) is 6.21. The van der Waals surface area contributed by atoms with Gasteiger partial charge in [-0.15, -0.1) is 0 Å². The Hall–Kier alpha value is -2.89. The Kier molecular flexibility index (Phi) is 8.65. The lowest BCUT2D eigenvalue weighted by Crippen LogP contribution is -2.48. The molecule has 3 aromatic rings. The molecule has 38 heavy (non-hydrogen) atoms. The van der Waals surface area contributed by atoms with Gasteiger partial charge in [0.1, 0.15) is 18.2 Å². The molecule has 2 aliphatic heterocycles. The number of hydrogen-bond acceptors (Lipinski definition) is 3. The van der Waals surface area contributed by atoms with E-state index in [9.17, 15) is 9.18 Å². The van der Waals surface area contributed by atoms with E-state index in [-0.39, 0.29) is 17.1 Å². The lowest BCUT2D eigenvalue weighted by molar-refractivity contribution is 0.0359. The fourth-order valence-electron chi connectivity index (χ4n) is 5.95. The highest BCUT2D eigenvalue weighted by atomic mass is 35.5. The molecule has 3 aromatic carbocycles. The van der Waals surface area contributed by atoms with Gasteiger partial charge in [0, 0.05) is 48.9 Å². The van der Waals surface area contributed by atoms with E-state index < -0.39 is 0 Å². The van der Waals surface area contributed by atoms with Crippen LogP contribution in [0.2, 0.25) is 5.02 Å². The van der Waals surface area contributed by atoms with Crippen molar-refractivity contribution in [2.75, 3.05) is 32.8 Å². The van der Waals surface area contributed by atoms with Gasteiger partial charge in [0.25, 0.3) is 5.91 Å². The van der Waals surface area contributed by atoms with E-state index in [1.807, 2.05) is 23.1 Å². The maximum absolute atomic E-state index is 14.6. The summed E-state index contributed by atoms with van der Waals surface area (Å²) in [6.45, 7) is 4.16. The van der Waals surface area contributed by atoms with Gasteiger partial charge in [-0.05, 0) is 79.5 Å². The van der Waals surface area contributed by atoms with Crippen LogP contribution in [0.25, 0.3) is 0 Å². The summed E-state index contributed by atoms with van der Waals surface area (Å²) < 4.78 is 20.9. The van der Waals surface area contributed by atoms with Crippen LogP contribution in [0.1, 0.15) is 53.6 Å². The second-order valence-electron chi connectivity index (χ2n) is 10.8. The maximum atomic E-state index is 14.6. The van der Waals surface area contributed by atoms with Gasteiger partial charge in [0.2, 0.25) is 0 Å². The molecule has 0 aromatic heterocycles. The van der Waals surface area contributed by atoms with Gasteiger partial charge in [0.15, 0.2) is 0 Å². The first-order chi connectivity index (χ1) is 18.5. The molecular formula is C32H36ClFN2O2. The summed E-state index contributed by atoms with van der Waals surface area (Å²) in [5, 5.41) is 0.633. The molecule has 0 saturated carbocycles. The van der Waals surface area contributed by atoms with E-state index in [4.69, 9.17) is 16.3 Å². The largest absolute Gasteiger partial charge is 0.492 e. The van der Waals surface area contributed by atoms with Gasteiger partial charge >= 0.3 is 0 Å². The van der Waals surface area contributed by atoms with Gasteiger partial charge < -0.3 is 9.64 Å². The number of carbonyl (C=O) groups excluding carboxylic acids is 1. The van der Waals surface area contributed by atoms with Crippen molar-refractivity contribution in [2.45, 2.75) is 45.1 Å². The number of carbonyl (C=O) groups is 1. The molecule has 0 aliphatic carbocycles. The molecule has 1 saturated heterocycles. The average molecular weight is 535 g/mol. The van der Waals surface area contributed by atoms with E-state index in [1.54, 1.807) is 30.3 Å². The number of amides is 1. The van der Waals surface area contributed by atoms with Crippen molar-refractivity contribution >= 4 is 17.5 Å². The van der Waals surface area contributed by atoms with Crippen LogP contribution in [0.15, 0.2) is 72.8 Å². The Bertz CT molecular complexity index is 1220. The number of halogens is 2. The smallest absolute Gasteiger partial charge is 0.253 e. The molecule has 4 nitrogen and oxygen atoms in total. The number of fused-ring (bicyclic) bond motifs is 1. The van der Waals surface area contributed by atoms with Crippen LogP contribution in [0.3, 0.4) is 0 Å². The number of ether oxygens (including phenoxy) is 1. The van der Waals surface area contributed by atoms with Crippen molar-refractivity contribution in [1.29, 1.82) is 0 Å². The number of para-hydroxylation sites is 1. The molecule has 0 atom stereocenters. The molecule has 0 unspecified atom stereocenters. The summed E-state index contributed by atoms with van der Waals surface area (Å²) in [7, 11) is 0. The number of hydrogen-bond donors (Lipinski definition) is 0. The molecular weight excluding hydrogens is 499 g/mol. The molecule has 200 valence electrons. The summed E-state index contributed by atoms with van der Waals surface area (Å²) >= 11 is 6.02. The number of benzene rings is 3. The average Bonchev–Trinajstić information content (AvgIpc) is 2.93. The maximum Gasteiger partial charge on any atom is 0.253 e. The Morgan fingerprint density at radius 3 is 2.42 bits per heavy atom. The van der Waals surface area contributed by atoms with Crippen molar-refractivity contribution in [1.82, 2.24) is 9.80 Å². The fourth-order valence-corrected chi connectivity index (χ4v) is 6.08. The Morgan fingerprint density at radius 2 is 1.63 bits per heavy atom. The molecule has 6 heteroatoms. The number of likely N-dealkylation sites (tertiary alicyclic amines) is 1. The van der Waals surface area contributed by atoms with Gasteiger partial charge in [-0.3, -0.25) is 9.69 Å². The topological polar surface area (TPSA) is 32.8 Å². The lowest BCUT2D eigenvalue weighted by Gasteiger charge is -2.45. The molecule has 2 aliphatic rings. The monoisotopic (exact) mass is 534 g/mol. The Morgan fingerprint density at radius 1 is 0.895 bits per heavy atom. The molecule has 1 amide bonds. The Labute approximate surface area is 230 Å². The summed E-state index contributed by atoms with van der Waals surface area (Å²) in [5.74, 6) is 0.864. The summed E-state index contributed by atoms with van der Waals surface area (Å²) in [4.78, 5) is 17.5. The number of piperidine rings is 1. The van der Waals surface area contributed by atoms with Crippen LogP contribution in [0, 0.1) is 11.2 Å². The van der Waals surface area contributed by atoms with E-state index in [0.717, 1.165) is 70.5 Å². The van der Waals surface area contributed by atoms with Crippen LogP contribution < -0.4 is 4.74 Å². The molecule has 2 heterocycles. The van der Waals surface area contributed by atoms with Crippen molar-refractivity contribution in [3.63, 3.8) is 0 Å². The van der Waals surface area contributed by atoms with Crippen molar-refractivity contribution < 1.29 is 13.9 Å². The summed E-state index contributed by atoms with van der Waals surface area (Å²) in [5.41, 5.74) is 2.73. The minimum absolute atomic E-state index is 0.0675. The third kappa shape index (κ3) is 6.57. The van der Waals surface area contributed by atoms with E-state index in [0.29, 0.717) is 29.3 Å². The molecule has 0 N–H and O–H groups in total. The number of rotatable bonds is 3. The number of aryl methyl sites for hydroxylation is 1. The highest BCUT2D eigenvalue weighted by Crippen LogP contribution is 2.39.